The number of hydrogen-bond donors (Lipinski definition) is 2. The van der Waals surface area contributed by atoms with Gasteiger partial charge < -0.3 is 24.8 Å². The molecular formula is C28H32N2O6. The fourth-order valence-electron chi connectivity index (χ4n) is 6.50. The van der Waals surface area contributed by atoms with E-state index in [0.29, 0.717) is 18.4 Å². The lowest BCUT2D eigenvalue weighted by Gasteiger charge is -2.37. The molecule has 3 fully saturated rings. The summed E-state index contributed by atoms with van der Waals surface area (Å²) in [6.45, 7) is 3.66. The van der Waals surface area contributed by atoms with Crippen molar-refractivity contribution in [2.45, 2.75) is 56.5 Å². The number of ether oxygens (including phenoxy) is 2. The molecule has 8 heteroatoms. The number of likely N-dealkylation sites (tertiary alicyclic amines) is 1. The van der Waals surface area contributed by atoms with Crippen LogP contribution in [0.1, 0.15) is 43.9 Å². The number of esters is 1. The molecule has 0 saturated carbocycles. The number of hydrogen-bond acceptors (Lipinski definition) is 6. The van der Waals surface area contributed by atoms with E-state index < -0.39 is 41.1 Å². The van der Waals surface area contributed by atoms with Crippen LogP contribution in [-0.2, 0) is 30.4 Å². The van der Waals surface area contributed by atoms with Gasteiger partial charge in [0.1, 0.15) is 17.6 Å². The molecule has 2 amide bonds. The van der Waals surface area contributed by atoms with Crippen molar-refractivity contribution in [1.29, 1.82) is 0 Å². The average molecular weight is 493 g/mol. The smallest absolute Gasteiger partial charge is 0.312 e. The molecule has 0 aromatic heterocycles. The minimum Gasteiger partial charge on any atom is -0.466 e. The summed E-state index contributed by atoms with van der Waals surface area (Å²) in [5.41, 5.74) is -0.436. The molecule has 36 heavy (non-hydrogen) atoms. The van der Waals surface area contributed by atoms with E-state index in [1.807, 2.05) is 67.6 Å². The molecule has 2 unspecified atom stereocenters. The second kappa shape index (κ2) is 9.33. The van der Waals surface area contributed by atoms with Gasteiger partial charge in [0.25, 0.3) is 0 Å². The summed E-state index contributed by atoms with van der Waals surface area (Å²) in [5.74, 6) is -2.88. The van der Waals surface area contributed by atoms with Crippen molar-refractivity contribution in [2.75, 3.05) is 13.2 Å². The zero-order chi connectivity index (χ0) is 25.5. The van der Waals surface area contributed by atoms with Crippen LogP contribution in [0.15, 0.2) is 60.7 Å². The Balaban J connectivity index is 1.56. The molecule has 3 aliphatic heterocycles. The van der Waals surface area contributed by atoms with Crippen LogP contribution < -0.4 is 5.32 Å². The maximum Gasteiger partial charge on any atom is 0.312 e. The monoisotopic (exact) mass is 492 g/mol. The molecule has 1 spiro atoms. The second-order valence-electron chi connectivity index (χ2n) is 10.0. The predicted octanol–water partition coefficient (Wildman–Crippen LogP) is 2.36. The number of carbonyl (C=O) groups excluding carboxylic acids is 3. The third kappa shape index (κ3) is 3.71. The van der Waals surface area contributed by atoms with Gasteiger partial charge in [0.05, 0.1) is 30.8 Å². The molecule has 6 atom stereocenters. The van der Waals surface area contributed by atoms with Crippen LogP contribution in [0.5, 0.6) is 0 Å². The third-order valence-electron chi connectivity index (χ3n) is 8.01. The molecule has 0 aliphatic carbocycles. The number of rotatable bonds is 8. The van der Waals surface area contributed by atoms with Crippen molar-refractivity contribution in [1.82, 2.24) is 10.2 Å². The summed E-state index contributed by atoms with van der Waals surface area (Å²) in [7, 11) is 0. The molecule has 2 N–H and O–H groups in total. The molecule has 5 rings (SSSR count). The van der Waals surface area contributed by atoms with Crippen molar-refractivity contribution in [3.05, 3.63) is 71.8 Å². The number of fused-ring (bicyclic) bond motifs is 1. The maximum absolute atomic E-state index is 14.1. The number of amides is 2. The summed E-state index contributed by atoms with van der Waals surface area (Å²) < 4.78 is 11.9. The van der Waals surface area contributed by atoms with Crippen LogP contribution in [0.25, 0.3) is 0 Å². The number of benzene rings is 2. The zero-order valence-electron chi connectivity index (χ0n) is 20.6. The Kier molecular flexibility index (Phi) is 6.34. The number of nitrogens with one attached hydrogen (secondary N) is 1. The first kappa shape index (κ1) is 24.5. The van der Waals surface area contributed by atoms with E-state index >= 15 is 0 Å². The molecule has 3 aliphatic rings. The predicted molar refractivity (Wildman–Crippen MR) is 130 cm³/mol. The van der Waals surface area contributed by atoms with Crippen LogP contribution in [0.2, 0.25) is 0 Å². The Hall–Kier alpha value is -3.23. The van der Waals surface area contributed by atoms with Crippen LogP contribution >= 0.6 is 0 Å². The van der Waals surface area contributed by atoms with E-state index in [0.717, 1.165) is 5.56 Å². The molecular weight excluding hydrogens is 460 g/mol. The van der Waals surface area contributed by atoms with Gasteiger partial charge in [-0.25, -0.2) is 0 Å². The lowest BCUT2D eigenvalue weighted by atomic mass is 9.66. The van der Waals surface area contributed by atoms with Crippen molar-refractivity contribution in [3.63, 3.8) is 0 Å². The highest BCUT2D eigenvalue weighted by molar-refractivity contribution is 5.98. The van der Waals surface area contributed by atoms with Gasteiger partial charge in [0.2, 0.25) is 11.8 Å². The van der Waals surface area contributed by atoms with Gasteiger partial charge in [-0.1, -0.05) is 60.7 Å². The number of aliphatic hydroxyl groups is 1. The third-order valence-corrected chi connectivity index (χ3v) is 8.01. The van der Waals surface area contributed by atoms with Crippen LogP contribution in [0.4, 0.5) is 0 Å². The summed E-state index contributed by atoms with van der Waals surface area (Å²) in [5, 5.41) is 13.4. The Labute approximate surface area is 210 Å². The van der Waals surface area contributed by atoms with Gasteiger partial charge in [-0.3, -0.25) is 14.4 Å². The standard InChI is InChI=1S/C28H32N2O6/c1-3-35-26(34)22-21-25(33)30(20(17-31)19-12-8-5-9-13-19)23(28(21)15-14-27(22,2)36-28)24(32)29-16-18-10-6-4-7-11-18/h4-13,20-23,31H,3,14-17H2,1-2H3,(H,29,32)/t20-,21+,22-,23?,27+,28?/m1/s1. The SMILES string of the molecule is CCOC(=O)[C@H]1[C@H]2C(=O)N([C@H](CO)c3ccccc3)C(C(=O)NCc3ccccc3)C23CC[C@]1(C)O3. The lowest BCUT2D eigenvalue weighted by Crippen LogP contribution is -2.56. The zero-order valence-corrected chi connectivity index (χ0v) is 20.6. The van der Waals surface area contributed by atoms with Crippen molar-refractivity contribution in [3.8, 4) is 0 Å². The minimum absolute atomic E-state index is 0.188. The molecule has 2 bridgehead atoms. The van der Waals surface area contributed by atoms with Crippen LogP contribution in [0, 0.1) is 11.8 Å². The Morgan fingerprint density at radius 2 is 1.81 bits per heavy atom. The molecule has 3 heterocycles. The first-order chi connectivity index (χ1) is 17.4. The molecule has 190 valence electrons. The minimum atomic E-state index is -1.17. The van der Waals surface area contributed by atoms with Crippen molar-refractivity contribution < 1.29 is 29.0 Å². The highest BCUT2D eigenvalue weighted by atomic mass is 16.6. The largest absolute Gasteiger partial charge is 0.466 e. The molecule has 2 aromatic rings. The van der Waals surface area contributed by atoms with E-state index in [4.69, 9.17) is 9.47 Å². The fraction of sp³-hybridized carbons (Fsp3) is 0.464. The van der Waals surface area contributed by atoms with Crippen molar-refractivity contribution in [2.24, 2.45) is 11.8 Å². The fourth-order valence-corrected chi connectivity index (χ4v) is 6.50. The Morgan fingerprint density at radius 1 is 1.14 bits per heavy atom. The number of carbonyl (C=O) groups is 3. The topological polar surface area (TPSA) is 105 Å². The Bertz CT molecular complexity index is 1140. The normalized spacial score (nSPS) is 31.2. The maximum atomic E-state index is 14.1. The molecule has 2 aromatic carbocycles. The van der Waals surface area contributed by atoms with Gasteiger partial charge in [0, 0.05) is 6.54 Å². The van der Waals surface area contributed by atoms with E-state index in [9.17, 15) is 19.5 Å². The van der Waals surface area contributed by atoms with Gasteiger partial charge >= 0.3 is 5.97 Å². The van der Waals surface area contributed by atoms with Gasteiger partial charge in [-0.2, -0.15) is 0 Å². The lowest BCUT2D eigenvalue weighted by molar-refractivity contribution is -0.160. The van der Waals surface area contributed by atoms with E-state index in [-0.39, 0.29) is 31.6 Å². The van der Waals surface area contributed by atoms with E-state index in [1.54, 1.807) is 6.92 Å². The highest BCUT2D eigenvalue weighted by Gasteiger charge is 2.78. The first-order valence-electron chi connectivity index (χ1n) is 12.5. The highest BCUT2D eigenvalue weighted by Crippen LogP contribution is 2.64. The quantitative estimate of drug-likeness (QED) is 0.548. The molecule has 3 saturated heterocycles. The van der Waals surface area contributed by atoms with E-state index in [1.165, 1.54) is 4.90 Å². The number of aliphatic hydroxyl groups excluding tert-OH is 1. The molecule has 0 radical (unpaired) electrons. The summed E-state index contributed by atoms with van der Waals surface area (Å²) in [6.07, 6.45) is 0.994. The second-order valence-corrected chi connectivity index (χ2v) is 10.0. The summed E-state index contributed by atoms with van der Waals surface area (Å²) in [6, 6.07) is 16.9. The van der Waals surface area contributed by atoms with Crippen molar-refractivity contribution >= 4 is 17.8 Å². The molecule has 8 nitrogen and oxygen atoms in total. The Morgan fingerprint density at radius 3 is 2.44 bits per heavy atom. The van der Waals surface area contributed by atoms with E-state index in [2.05, 4.69) is 5.32 Å². The summed E-state index contributed by atoms with van der Waals surface area (Å²) >= 11 is 0. The van der Waals surface area contributed by atoms with Gasteiger partial charge in [-0.05, 0) is 37.8 Å². The average Bonchev–Trinajstić information content (AvgIpc) is 3.46. The van der Waals surface area contributed by atoms with Gasteiger partial charge in [0.15, 0.2) is 0 Å². The van der Waals surface area contributed by atoms with Crippen LogP contribution in [-0.4, -0.2) is 58.2 Å². The number of nitrogens with zero attached hydrogens (tertiary/aromatic N) is 1. The van der Waals surface area contributed by atoms with Gasteiger partial charge in [-0.15, -0.1) is 0 Å². The van der Waals surface area contributed by atoms with Crippen LogP contribution in [0.3, 0.4) is 0 Å². The first-order valence-corrected chi connectivity index (χ1v) is 12.5. The summed E-state index contributed by atoms with van der Waals surface area (Å²) in [4.78, 5) is 42.6.